The lowest BCUT2D eigenvalue weighted by atomic mass is 10.0. The summed E-state index contributed by atoms with van der Waals surface area (Å²) in [6.07, 6.45) is 9.65. The van der Waals surface area contributed by atoms with Gasteiger partial charge in [-0.2, -0.15) is 5.10 Å². The first kappa shape index (κ1) is 15.5. The maximum Gasteiger partial charge on any atom is 0.0729 e. The van der Waals surface area contributed by atoms with Gasteiger partial charge in [0.25, 0.3) is 0 Å². The van der Waals surface area contributed by atoms with Crippen molar-refractivity contribution in [3.8, 4) is 0 Å². The maximum atomic E-state index is 5.83. The second kappa shape index (κ2) is 7.79. The van der Waals surface area contributed by atoms with Gasteiger partial charge in [0.1, 0.15) is 0 Å². The van der Waals surface area contributed by atoms with Crippen LogP contribution in [0.4, 0.5) is 0 Å². The average Bonchev–Trinajstić information content (AvgIpc) is 3.13. The Morgan fingerprint density at radius 3 is 2.75 bits per heavy atom. The predicted octanol–water partition coefficient (Wildman–Crippen LogP) is 2.94. The molecule has 0 spiro atoms. The molecule has 20 heavy (non-hydrogen) atoms. The van der Waals surface area contributed by atoms with E-state index in [1.165, 1.54) is 31.4 Å². The quantitative estimate of drug-likeness (QED) is 0.795. The lowest BCUT2D eigenvalue weighted by molar-refractivity contribution is 0.0336. The molecule has 0 aliphatic heterocycles. The van der Waals surface area contributed by atoms with E-state index in [0.717, 1.165) is 19.4 Å². The van der Waals surface area contributed by atoms with E-state index in [4.69, 9.17) is 9.84 Å². The van der Waals surface area contributed by atoms with Crippen LogP contribution < -0.4 is 5.32 Å². The molecule has 1 N–H and O–H groups in total. The molecule has 1 aromatic rings. The summed E-state index contributed by atoms with van der Waals surface area (Å²) in [5.41, 5.74) is 1.18. The van der Waals surface area contributed by atoms with E-state index in [-0.39, 0.29) is 6.10 Å². The summed E-state index contributed by atoms with van der Waals surface area (Å²) in [7, 11) is 2.01. The highest BCUT2D eigenvalue weighted by Gasteiger charge is 2.22. The van der Waals surface area contributed by atoms with Gasteiger partial charge in [-0.15, -0.1) is 0 Å². The minimum absolute atomic E-state index is 0.265. The molecule has 0 amide bonds. The molecule has 1 saturated carbocycles. The Hall–Kier alpha value is -0.870. The van der Waals surface area contributed by atoms with Crippen LogP contribution in [0.25, 0.3) is 0 Å². The van der Waals surface area contributed by atoms with Crippen LogP contribution >= 0.6 is 0 Å². The van der Waals surface area contributed by atoms with Crippen molar-refractivity contribution >= 4 is 0 Å². The highest BCUT2D eigenvalue weighted by Crippen LogP contribution is 2.28. The van der Waals surface area contributed by atoms with E-state index in [1.54, 1.807) is 0 Å². The van der Waals surface area contributed by atoms with Gasteiger partial charge in [-0.25, -0.2) is 0 Å². The zero-order valence-electron chi connectivity index (χ0n) is 13.1. The SMILES string of the molecule is CCOC(CC)C(Cc1ccn(C2CCCC2)n1)NC. The van der Waals surface area contributed by atoms with Gasteiger partial charge >= 0.3 is 0 Å². The summed E-state index contributed by atoms with van der Waals surface area (Å²) in [4.78, 5) is 0. The lowest BCUT2D eigenvalue weighted by Crippen LogP contribution is -2.41. The Morgan fingerprint density at radius 1 is 1.40 bits per heavy atom. The van der Waals surface area contributed by atoms with Gasteiger partial charge in [0.15, 0.2) is 0 Å². The van der Waals surface area contributed by atoms with Crippen molar-refractivity contribution in [2.24, 2.45) is 0 Å². The number of ether oxygens (including phenoxy) is 1. The van der Waals surface area contributed by atoms with Gasteiger partial charge < -0.3 is 10.1 Å². The van der Waals surface area contributed by atoms with Crippen LogP contribution in [-0.4, -0.2) is 35.6 Å². The van der Waals surface area contributed by atoms with Crippen molar-refractivity contribution in [3.63, 3.8) is 0 Å². The molecule has 1 aliphatic carbocycles. The molecule has 2 atom stereocenters. The smallest absolute Gasteiger partial charge is 0.0729 e. The maximum absolute atomic E-state index is 5.83. The Balaban J connectivity index is 1.96. The number of nitrogens with one attached hydrogen (secondary N) is 1. The molecule has 0 radical (unpaired) electrons. The van der Waals surface area contributed by atoms with Crippen molar-refractivity contribution in [2.45, 2.75) is 70.6 Å². The van der Waals surface area contributed by atoms with Crippen LogP contribution in [-0.2, 0) is 11.2 Å². The highest BCUT2D eigenvalue weighted by atomic mass is 16.5. The molecule has 4 heteroatoms. The predicted molar refractivity (Wildman–Crippen MR) is 82.0 cm³/mol. The first-order valence-electron chi connectivity index (χ1n) is 8.11. The van der Waals surface area contributed by atoms with Crippen molar-refractivity contribution in [1.29, 1.82) is 0 Å². The molecule has 2 rings (SSSR count). The van der Waals surface area contributed by atoms with Crippen LogP contribution in [0.2, 0.25) is 0 Å². The summed E-state index contributed by atoms with van der Waals surface area (Å²) in [5.74, 6) is 0. The molecule has 4 nitrogen and oxygen atoms in total. The second-order valence-corrected chi connectivity index (χ2v) is 5.73. The molecule has 0 bridgehead atoms. The Labute approximate surface area is 122 Å². The van der Waals surface area contributed by atoms with Gasteiger partial charge in [-0.1, -0.05) is 19.8 Å². The lowest BCUT2D eigenvalue weighted by Gasteiger charge is -2.25. The molecule has 1 aliphatic rings. The number of hydrogen-bond donors (Lipinski definition) is 1. The van der Waals surface area contributed by atoms with Crippen molar-refractivity contribution in [2.75, 3.05) is 13.7 Å². The van der Waals surface area contributed by atoms with Gasteiger partial charge in [0.2, 0.25) is 0 Å². The van der Waals surface area contributed by atoms with E-state index in [1.807, 2.05) is 7.05 Å². The Bertz CT molecular complexity index is 385. The first-order valence-corrected chi connectivity index (χ1v) is 8.11. The fourth-order valence-corrected chi connectivity index (χ4v) is 3.24. The van der Waals surface area contributed by atoms with E-state index >= 15 is 0 Å². The van der Waals surface area contributed by atoms with Gasteiger partial charge in [0.05, 0.1) is 17.8 Å². The largest absolute Gasteiger partial charge is 0.377 e. The standard InChI is InChI=1S/C16H29N3O/c1-4-16(20-5-2)15(17-3)12-13-10-11-19(18-13)14-8-6-7-9-14/h10-11,14-17H,4-9,12H2,1-3H3. The molecule has 1 aromatic heterocycles. The second-order valence-electron chi connectivity index (χ2n) is 5.73. The highest BCUT2D eigenvalue weighted by molar-refractivity contribution is 5.03. The number of aromatic nitrogens is 2. The fraction of sp³-hybridized carbons (Fsp3) is 0.812. The van der Waals surface area contributed by atoms with Crippen molar-refractivity contribution < 1.29 is 4.74 Å². The topological polar surface area (TPSA) is 39.1 Å². The minimum atomic E-state index is 0.265. The average molecular weight is 279 g/mol. The number of likely N-dealkylation sites (N-methyl/N-ethyl adjacent to an activating group) is 1. The van der Waals surface area contributed by atoms with E-state index in [0.29, 0.717) is 12.1 Å². The zero-order valence-corrected chi connectivity index (χ0v) is 13.1. The Morgan fingerprint density at radius 2 is 2.15 bits per heavy atom. The Kier molecular flexibility index (Phi) is 6.05. The fourth-order valence-electron chi connectivity index (χ4n) is 3.24. The van der Waals surface area contributed by atoms with E-state index < -0.39 is 0 Å². The summed E-state index contributed by atoms with van der Waals surface area (Å²) >= 11 is 0. The molecule has 0 aromatic carbocycles. The van der Waals surface area contributed by atoms with Crippen LogP contribution in [0, 0.1) is 0 Å². The third-order valence-corrected chi connectivity index (χ3v) is 4.39. The number of hydrogen-bond acceptors (Lipinski definition) is 3. The molecule has 0 saturated heterocycles. The molecule has 114 valence electrons. The summed E-state index contributed by atoms with van der Waals surface area (Å²) in [6, 6.07) is 3.14. The monoisotopic (exact) mass is 279 g/mol. The van der Waals surface area contributed by atoms with Gasteiger partial charge in [-0.3, -0.25) is 4.68 Å². The van der Waals surface area contributed by atoms with Crippen molar-refractivity contribution in [3.05, 3.63) is 18.0 Å². The molecule has 1 fully saturated rings. The zero-order chi connectivity index (χ0) is 14.4. The molecule has 2 unspecified atom stereocenters. The van der Waals surface area contributed by atoms with E-state index in [2.05, 4.69) is 36.1 Å². The van der Waals surface area contributed by atoms with Crippen LogP contribution in [0.1, 0.15) is 57.7 Å². The minimum Gasteiger partial charge on any atom is -0.377 e. The third-order valence-electron chi connectivity index (χ3n) is 4.39. The van der Waals surface area contributed by atoms with Gasteiger partial charge in [0, 0.05) is 25.3 Å². The molecule has 1 heterocycles. The molecular weight excluding hydrogens is 250 g/mol. The van der Waals surface area contributed by atoms with E-state index in [9.17, 15) is 0 Å². The number of nitrogens with zero attached hydrogens (tertiary/aromatic N) is 2. The summed E-state index contributed by atoms with van der Waals surface area (Å²) in [6.45, 7) is 5.01. The molecular formula is C16H29N3O. The third kappa shape index (κ3) is 3.83. The van der Waals surface area contributed by atoms with Crippen molar-refractivity contribution in [1.82, 2.24) is 15.1 Å². The number of rotatable bonds is 8. The van der Waals surface area contributed by atoms with Crippen LogP contribution in [0.5, 0.6) is 0 Å². The summed E-state index contributed by atoms with van der Waals surface area (Å²) in [5, 5.41) is 8.17. The summed E-state index contributed by atoms with van der Waals surface area (Å²) < 4.78 is 8.00. The van der Waals surface area contributed by atoms with Crippen LogP contribution in [0.3, 0.4) is 0 Å². The van der Waals surface area contributed by atoms with Gasteiger partial charge in [-0.05, 0) is 39.3 Å². The van der Waals surface area contributed by atoms with Crippen LogP contribution in [0.15, 0.2) is 12.3 Å². The first-order chi connectivity index (χ1) is 9.78. The normalized spacial score (nSPS) is 19.4.